The normalized spacial score (nSPS) is 14.8. The number of amides is 2. The molecule has 0 fully saturated rings. The number of hydrogen-bond donors (Lipinski definition) is 0. The summed E-state index contributed by atoms with van der Waals surface area (Å²) in [4.78, 5) is 38.0. The molecule has 0 bridgehead atoms. The number of methoxy groups -OCH3 is 1. The molecule has 7 heteroatoms. The van der Waals surface area contributed by atoms with Gasteiger partial charge in [-0.15, -0.1) is 0 Å². The Morgan fingerprint density at radius 1 is 1.17 bits per heavy atom. The molecule has 1 atom stereocenters. The molecule has 0 radical (unpaired) electrons. The van der Waals surface area contributed by atoms with E-state index in [4.69, 9.17) is 16.3 Å². The van der Waals surface area contributed by atoms with Crippen LogP contribution in [-0.2, 0) is 9.53 Å². The van der Waals surface area contributed by atoms with Crippen LogP contribution in [0.25, 0.3) is 0 Å². The first-order valence-electron chi connectivity index (χ1n) is 6.79. The average molecular weight is 350 g/mol. The van der Waals surface area contributed by atoms with Crippen molar-refractivity contribution < 1.29 is 19.1 Å². The van der Waals surface area contributed by atoms with E-state index in [1.54, 1.807) is 35.0 Å². The van der Waals surface area contributed by atoms with Gasteiger partial charge in [-0.1, -0.05) is 23.7 Å². The Hall–Kier alpha value is -2.18. The highest BCUT2D eigenvalue weighted by atomic mass is 35.5. The summed E-state index contributed by atoms with van der Waals surface area (Å²) in [5.74, 6) is -1.29. The molecular weight excluding hydrogens is 338 g/mol. The van der Waals surface area contributed by atoms with Gasteiger partial charge in [0.1, 0.15) is 0 Å². The number of nitrogens with zero attached hydrogens (tertiary/aromatic N) is 1. The summed E-state index contributed by atoms with van der Waals surface area (Å²) in [7, 11) is 1.27. The molecule has 1 aromatic carbocycles. The van der Waals surface area contributed by atoms with Crippen LogP contribution in [0.1, 0.15) is 38.7 Å². The van der Waals surface area contributed by atoms with E-state index in [0.29, 0.717) is 21.7 Å². The molecule has 5 nitrogen and oxygen atoms in total. The van der Waals surface area contributed by atoms with Crippen molar-refractivity contribution in [2.45, 2.75) is 12.5 Å². The zero-order valence-corrected chi connectivity index (χ0v) is 13.7. The van der Waals surface area contributed by atoms with E-state index in [9.17, 15) is 14.4 Å². The van der Waals surface area contributed by atoms with Crippen molar-refractivity contribution in [3.63, 3.8) is 0 Å². The molecule has 2 amide bonds. The van der Waals surface area contributed by atoms with Crippen LogP contribution in [0.3, 0.4) is 0 Å². The lowest BCUT2D eigenvalue weighted by Crippen LogP contribution is -2.35. The number of halogens is 1. The Balaban J connectivity index is 2.00. The molecule has 23 heavy (non-hydrogen) atoms. The monoisotopic (exact) mass is 349 g/mol. The number of benzene rings is 1. The van der Waals surface area contributed by atoms with Crippen LogP contribution in [0.4, 0.5) is 0 Å². The van der Waals surface area contributed by atoms with Gasteiger partial charge in [0.25, 0.3) is 11.8 Å². The van der Waals surface area contributed by atoms with E-state index < -0.39 is 23.8 Å². The molecule has 1 aliphatic heterocycles. The lowest BCUT2D eigenvalue weighted by molar-refractivity contribution is -0.141. The minimum atomic E-state index is -0.725. The molecule has 2 heterocycles. The van der Waals surface area contributed by atoms with Gasteiger partial charge in [0.2, 0.25) is 0 Å². The van der Waals surface area contributed by atoms with Gasteiger partial charge in [-0.2, -0.15) is 11.3 Å². The van der Waals surface area contributed by atoms with Crippen molar-refractivity contribution in [2.24, 2.45) is 0 Å². The predicted octanol–water partition coefficient (Wildman–Crippen LogP) is 3.30. The van der Waals surface area contributed by atoms with Crippen LogP contribution in [-0.4, -0.2) is 29.8 Å². The predicted molar refractivity (Wildman–Crippen MR) is 85.6 cm³/mol. The highest BCUT2D eigenvalue weighted by Crippen LogP contribution is 2.35. The van der Waals surface area contributed by atoms with Crippen LogP contribution in [0.15, 0.2) is 35.0 Å². The maximum atomic E-state index is 12.6. The Bertz CT molecular complexity index is 753. The van der Waals surface area contributed by atoms with Gasteiger partial charge in [0, 0.05) is 15.8 Å². The summed E-state index contributed by atoms with van der Waals surface area (Å²) < 4.78 is 4.70. The van der Waals surface area contributed by atoms with Gasteiger partial charge in [-0.05, 0) is 17.7 Å². The zero-order chi connectivity index (χ0) is 16.6. The number of ether oxygens (including phenoxy) is 1. The summed E-state index contributed by atoms with van der Waals surface area (Å²) in [6.07, 6.45) is -0.108. The van der Waals surface area contributed by atoms with E-state index in [1.807, 2.05) is 0 Å². The number of esters is 1. The largest absolute Gasteiger partial charge is 0.469 e. The van der Waals surface area contributed by atoms with Crippen molar-refractivity contribution in [3.8, 4) is 0 Å². The number of imide groups is 1. The smallest absolute Gasteiger partial charge is 0.307 e. The van der Waals surface area contributed by atoms with Crippen LogP contribution in [0, 0.1) is 0 Å². The molecule has 2 aromatic rings. The van der Waals surface area contributed by atoms with Crippen molar-refractivity contribution >= 4 is 40.7 Å². The lowest BCUT2D eigenvalue weighted by Gasteiger charge is -2.26. The average Bonchev–Trinajstić information content (AvgIpc) is 3.11. The molecule has 1 unspecified atom stereocenters. The number of carbonyl (C=O) groups is 3. The van der Waals surface area contributed by atoms with E-state index >= 15 is 0 Å². The molecule has 1 aliphatic rings. The first-order valence-corrected chi connectivity index (χ1v) is 8.11. The fourth-order valence-corrected chi connectivity index (χ4v) is 3.47. The Morgan fingerprint density at radius 3 is 2.26 bits per heavy atom. The maximum absolute atomic E-state index is 12.6. The summed E-state index contributed by atoms with van der Waals surface area (Å²) in [6.45, 7) is 0. The van der Waals surface area contributed by atoms with Crippen LogP contribution < -0.4 is 0 Å². The van der Waals surface area contributed by atoms with Crippen molar-refractivity contribution in [3.05, 3.63) is 56.7 Å². The van der Waals surface area contributed by atoms with Gasteiger partial charge in [-0.3, -0.25) is 19.3 Å². The van der Waals surface area contributed by atoms with Gasteiger partial charge >= 0.3 is 5.97 Å². The van der Waals surface area contributed by atoms with Crippen LogP contribution in [0.5, 0.6) is 0 Å². The Kier molecular flexibility index (Phi) is 4.19. The van der Waals surface area contributed by atoms with E-state index in [2.05, 4.69) is 0 Å². The fraction of sp³-hybridized carbons (Fsp3) is 0.188. The molecule has 0 spiro atoms. The van der Waals surface area contributed by atoms with Crippen LogP contribution >= 0.6 is 22.9 Å². The topological polar surface area (TPSA) is 63.7 Å². The second kappa shape index (κ2) is 6.14. The number of carbonyl (C=O) groups excluding carboxylic acids is 3. The highest BCUT2D eigenvalue weighted by molar-refractivity contribution is 7.08. The maximum Gasteiger partial charge on any atom is 0.307 e. The standard InChI is InChI=1S/C16H12ClNO4S/c1-22-14(19)6-13(9-2-4-10(17)5-3-9)18-15(20)11-7-23-8-12(11)16(18)21/h2-5,7-8,13H,6H2,1H3. The second-order valence-electron chi connectivity index (χ2n) is 5.03. The Morgan fingerprint density at radius 2 is 1.74 bits per heavy atom. The molecule has 1 aromatic heterocycles. The summed E-state index contributed by atoms with van der Waals surface area (Å²) >= 11 is 7.19. The summed E-state index contributed by atoms with van der Waals surface area (Å²) in [5, 5.41) is 3.82. The lowest BCUT2D eigenvalue weighted by atomic mass is 10.0. The molecular formula is C16H12ClNO4S. The summed E-state index contributed by atoms with van der Waals surface area (Å²) in [6, 6.07) is 5.98. The SMILES string of the molecule is COC(=O)CC(c1ccc(Cl)cc1)N1C(=O)c2cscc2C1=O. The molecule has 3 rings (SSSR count). The van der Waals surface area contributed by atoms with Crippen molar-refractivity contribution in [2.75, 3.05) is 7.11 Å². The molecule has 0 saturated carbocycles. The number of hydrogen-bond acceptors (Lipinski definition) is 5. The number of rotatable bonds is 4. The molecule has 0 aliphatic carbocycles. The van der Waals surface area contributed by atoms with Crippen LogP contribution in [0.2, 0.25) is 5.02 Å². The number of fused-ring (bicyclic) bond motifs is 1. The van der Waals surface area contributed by atoms with Gasteiger partial charge in [0.05, 0.1) is 30.7 Å². The third kappa shape index (κ3) is 2.75. The minimum Gasteiger partial charge on any atom is -0.469 e. The minimum absolute atomic E-state index is 0.108. The van der Waals surface area contributed by atoms with Gasteiger partial charge in [-0.25, -0.2) is 0 Å². The van der Waals surface area contributed by atoms with Crippen molar-refractivity contribution in [1.82, 2.24) is 4.90 Å². The summed E-state index contributed by atoms with van der Waals surface area (Å²) in [5.41, 5.74) is 1.41. The third-order valence-electron chi connectivity index (χ3n) is 3.71. The van der Waals surface area contributed by atoms with Gasteiger partial charge < -0.3 is 4.74 Å². The first-order chi connectivity index (χ1) is 11.0. The highest BCUT2D eigenvalue weighted by Gasteiger charge is 2.42. The zero-order valence-electron chi connectivity index (χ0n) is 12.1. The van der Waals surface area contributed by atoms with Crippen molar-refractivity contribution in [1.29, 1.82) is 0 Å². The quantitative estimate of drug-likeness (QED) is 0.627. The molecule has 0 saturated heterocycles. The second-order valence-corrected chi connectivity index (χ2v) is 6.21. The number of thiophene rings is 1. The van der Waals surface area contributed by atoms with E-state index in [-0.39, 0.29) is 6.42 Å². The Labute approximate surface area is 141 Å². The van der Waals surface area contributed by atoms with E-state index in [1.165, 1.54) is 18.4 Å². The molecule has 0 N–H and O–H groups in total. The first kappa shape index (κ1) is 15.7. The molecule has 118 valence electrons. The van der Waals surface area contributed by atoms with Gasteiger partial charge in [0.15, 0.2) is 0 Å². The third-order valence-corrected chi connectivity index (χ3v) is 4.71. The fourth-order valence-electron chi connectivity index (χ4n) is 2.55. The van der Waals surface area contributed by atoms with E-state index in [0.717, 1.165) is 4.90 Å².